The molecule has 0 aliphatic carbocycles. The van der Waals surface area contributed by atoms with Gasteiger partial charge in [0.1, 0.15) is 16.9 Å². The van der Waals surface area contributed by atoms with E-state index in [9.17, 15) is 9.59 Å². The van der Waals surface area contributed by atoms with E-state index >= 15 is 0 Å². The van der Waals surface area contributed by atoms with Crippen LogP contribution in [0.25, 0.3) is 11.5 Å². The molecule has 4 aromatic rings. The minimum atomic E-state index is -1.13. The van der Waals surface area contributed by atoms with E-state index in [4.69, 9.17) is 4.42 Å². The molecule has 2 aromatic carbocycles. The number of amides is 2. The molecule has 172 valence electrons. The van der Waals surface area contributed by atoms with Gasteiger partial charge in [-0.25, -0.2) is 0 Å². The van der Waals surface area contributed by atoms with Crippen LogP contribution in [0, 0.1) is 6.92 Å². The molecule has 3 heterocycles. The Hall–Kier alpha value is -4.13. The Balaban J connectivity index is 1.51. The predicted octanol–water partition coefficient (Wildman–Crippen LogP) is 4.18. The first-order chi connectivity index (χ1) is 16.5. The Morgan fingerprint density at radius 1 is 1.09 bits per heavy atom. The van der Waals surface area contributed by atoms with Crippen LogP contribution in [-0.2, 0) is 24.4 Å². The predicted molar refractivity (Wildman–Crippen MR) is 128 cm³/mol. The molecule has 1 aliphatic heterocycles. The van der Waals surface area contributed by atoms with Crippen molar-refractivity contribution in [3.63, 3.8) is 0 Å². The maximum Gasteiger partial charge on any atom is 0.273 e. The maximum atomic E-state index is 13.8. The van der Waals surface area contributed by atoms with Gasteiger partial charge in [-0.1, -0.05) is 54.6 Å². The van der Waals surface area contributed by atoms with Crippen molar-refractivity contribution in [1.82, 2.24) is 20.0 Å². The second-order valence-electron chi connectivity index (χ2n) is 8.81. The highest BCUT2D eigenvalue weighted by Crippen LogP contribution is 2.32. The van der Waals surface area contributed by atoms with Crippen molar-refractivity contribution >= 4 is 11.8 Å². The third kappa shape index (κ3) is 3.90. The summed E-state index contributed by atoms with van der Waals surface area (Å²) in [6.45, 7) is 4.76. The maximum absolute atomic E-state index is 13.8. The summed E-state index contributed by atoms with van der Waals surface area (Å²) in [5.41, 5.74) is 2.93. The van der Waals surface area contributed by atoms with Crippen LogP contribution >= 0.6 is 0 Å². The molecule has 0 fully saturated rings. The van der Waals surface area contributed by atoms with E-state index in [0.29, 0.717) is 30.2 Å². The van der Waals surface area contributed by atoms with Gasteiger partial charge in [-0.2, -0.15) is 5.10 Å². The van der Waals surface area contributed by atoms with E-state index < -0.39 is 5.54 Å². The molecule has 2 amide bonds. The molecule has 7 nitrogen and oxygen atoms in total. The monoisotopic (exact) mass is 454 g/mol. The summed E-state index contributed by atoms with van der Waals surface area (Å²) in [6.07, 6.45) is 1.57. The van der Waals surface area contributed by atoms with Crippen molar-refractivity contribution in [2.45, 2.75) is 39.0 Å². The largest absolute Gasteiger partial charge is 0.463 e. The van der Waals surface area contributed by atoms with E-state index in [0.717, 1.165) is 16.7 Å². The van der Waals surface area contributed by atoms with Gasteiger partial charge < -0.3 is 14.6 Å². The number of nitrogens with zero attached hydrogens (tertiary/aromatic N) is 3. The zero-order valence-electron chi connectivity index (χ0n) is 19.2. The second kappa shape index (κ2) is 8.67. The highest BCUT2D eigenvalue weighted by molar-refractivity contribution is 6.00. The molecule has 2 aromatic heterocycles. The molecule has 0 bridgehead atoms. The van der Waals surface area contributed by atoms with Crippen LogP contribution in [0.15, 0.2) is 83.5 Å². The fourth-order valence-corrected chi connectivity index (χ4v) is 4.36. The molecule has 0 saturated carbocycles. The van der Waals surface area contributed by atoms with Crippen molar-refractivity contribution in [2.24, 2.45) is 0 Å². The summed E-state index contributed by atoms with van der Waals surface area (Å²) < 4.78 is 7.10. The van der Waals surface area contributed by atoms with Crippen LogP contribution in [0.2, 0.25) is 0 Å². The molecule has 1 atom stereocenters. The number of fused-ring (bicyclic) bond motifs is 1. The van der Waals surface area contributed by atoms with Crippen molar-refractivity contribution < 1.29 is 14.0 Å². The van der Waals surface area contributed by atoms with Crippen molar-refractivity contribution in [3.05, 3.63) is 101 Å². The summed E-state index contributed by atoms with van der Waals surface area (Å²) in [5.74, 6) is 0.117. The van der Waals surface area contributed by atoms with E-state index in [-0.39, 0.29) is 18.4 Å². The molecule has 7 heteroatoms. The Morgan fingerprint density at radius 2 is 1.85 bits per heavy atom. The number of aromatic nitrogens is 2. The topological polar surface area (TPSA) is 80.4 Å². The number of furan rings is 1. The van der Waals surface area contributed by atoms with Gasteiger partial charge in [0.15, 0.2) is 5.76 Å². The number of hydrogen-bond acceptors (Lipinski definition) is 4. The lowest BCUT2D eigenvalue weighted by Crippen LogP contribution is -2.63. The molecule has 0 saturated heterocycles. The van der Waals surface area contributed by atoms with E-state index in [1.807, 2.05) is 61.5 Å². The first kappa shape index (κ1) is 21.7. The Bertz CT molecular complexity index is 1330. The summed E-state index contributed by atoms with van der Waals surface area (Å²) in [5, 5.41) is 7.63. The summed E-state index contributed by atoms with van der Waals surface area (Å²) in [7, 11) is 0. The van der Waals surface area contributed by atoms with Crippen LogP contribution in [0.4, 0.5) is 0 Å². The lowest BCUT2D eigenvalue weighted by atomic mass is 9.93. The van der Waals surface area contributed by atoms with Crippen molar-refractivity contribution in [1.29, 1.82) is 0 Å². The normalized spacial score (nSPS) is 17.5. The minimum Gasteiger partial charge on any atom is -0.463 e. The highest BCUT2D eigenvalue weighted by Gasteiger charge is 2.48. The Labute approximate surface area is 198 Å². The number of rotatable bonds is 6. The molecule has 1 N–H and O–H groups in total. The summed E-state index contributed by atoms with van der Waals surface area (Å²) >= 11 is 0. The first-order valence-electron chi connectivity index (χ1n) is 11.3. The molecule has 5 rings (SSSR count). The second-order valence-corrected chi connectivity index (χ2v) is 8.81. The first-order valence-corrected chi connectivity index (χ1v) is 11.3. The lowest BCUT2D eigenvalue weighted by Gasteiger charge is -2.43. The van der Waals surface area contributed by atoms with Gasteiger partial charge in [-0.3, -0.25) is 14.3 Å². The molecule has 0 unspecified atom stereocenters. The van der Waals surface area contributed by atoms with E-state index in [2.05, 4.69) is 10.4 Å². The number of carbonyl (C=O) groups excluding carboxylic acids is 2. The minimum absolute atomic E-state index is 0.223. The van der Waals surface area contributed by atoms with Gasteiger partial charge in [-0.15, -0.1) is 0 Å². The fraction of sp³-hybridized carbons (Fsp3) is 0.222. The fourth-order valence-electron chi connectivity index (χ4n) is 4.36. The average molecular weight is 455 g/mol. The smallest absolute Gasteiger partial charge is 0.273 e. The standard InChI is InChI=1S/C27H26N4O3/c1-19-9-6-7-12-21(19)17-30-25(32)23-15-22(24-13-8-14-34-24)29-31(23)18-27(30,2)26(33)28-16-20-10-4-3-5-11-20/h3-15H,16-18H2,1-2H3,(H,28,33)/t27-/m0/s1. The molecular formula is C27H26N4O3. The van der Waals surface area contributed by atoms with Crippen LogP contribution in [0.5, 0.6) is 0 Å². The van der Waals surface area contributed by atoms with Gasteiger partial charge >= 0.3 is 0 Å². The molecular weight excluding hydrogens is 428 g/mol. The SMILES string of the molecule is Cc1ccccc1CN1C(=O)c2cc(-c3ccco3)nn2C[C@@]1(C)C(=O)NCc1ccccc1. The number of aryl methyl sites for hydroxylation is 1. The van der Waals surface area contributed by atoms with Crippen molar-refractivity contribution in [2.75, 3.05) is 0 Å². The van der Waals surface area contributed by atoms with Crippen molar-refractivity contribution in [3.8, 4) is 11.5 Å². The molecule has 0 radical (unpaired) electrons. The van der Waals surface area contributed by atoms with Gasteiger partial charge in [0.05, 0.1) is 12.8 Å². The molecule has 0 spiro atoms. The highest BCUT2D eigenvalue weighted by atomic mass is 16.3. The van der Waals surface area contributed by atoms with E-state index in [1.54, 1.807) is 41.0 Å². The number of nitrogens with one attached hydrogen (secondary N) is 1. The Kier molecular flexibility index (Phi) is 5.53. The lowest BCUT2D eigenvalue weighted by molar-refractivity contribution is -0.133. The third-order valence-electron chi connectivity index (χ3n) is 6.45. The number of carbonyl (C=O) groups is 2. The quantitative estimate of drug-likeness (QED) is 0.474. The number of hydrogen-bond donors (Lipinski definition) is 1. The summed E-state index contributed by atoms with van der Waals surface area (Å²) in [6, 6.07) is 22.9. The zero-order chi connectivity index (χ0) is 23.7. The van der Waals surface area contributed by atoms with Gasteiger partial charge in [0.25, 0.3) is 5.91 Å². The van der Waals surface area contributed by atoms with E-state index in [1.165, 1.54) is 0 Å². The van der Waals surface area contributed by atoms with Gasteiger partial charge in [0, 0.05) is 19.2 Å². The van der Waals surface area contributed by atoms with Gasteiger partial charge in [0.2, 0.25) is 5.91 Å². The third-order valence-corrected chi connectivity index (χ3v) is 6.45. The summed E-state index contributed by atoms with van der Waals surface area (Å²) in [4.78, 5) is 29.0. The molecule has 1 aliphatic rings. The van der Waals surface area contributed by atoms with Crippen LogP contribution < -0.4 is 5.32 Å². The molecule has 34 heavy (non-hydrogen) atoms. The average Bonchev–Trinajstić information content (AvgIpc) is 3.52. The van der Waals surface area contributed by atoms with Crippen LogP contribution in [0.3, 0.4) is 0 Å². The van der Waals surface area contributed by atoms with Gasteiger partial charge in [-0.05, 0) is 42.7 Å². The zero-order valence-corrected chi connectivity index (χ0v) is 19.2. The van der Waals surface area contributed by atoms with Crippen LogP contribution in [0.1, 0.15) is 34.1 Å². The Morgan fingerprint density at radius 3 is 2.59 bits per heavy atom. The van der Waals surface area contributed by atoms with Crippen LogP contribution in [-0.4, -0.2) is 32.0 Å². The number of benzene rings is 2.